The van der Waals surface area contributed by atoms with E-state index in [0.717, 1.165) is 16.7 Å². The first-order chi connectivity index (χ1) is 12.2. The zero-order valence-corrected chi connectivity index (χ0v) is 13.9. The molecule has 0 bridgehead atoms. The lowest BCUT2D eigenvalue weighted by molar-refractivity contribution is 0.142. The summed E-state index contributed by atoms with van der Waals surface area (Å²) in [7, 11) is 0. The van der Waals surface area contributed by atoms with Crippen LogP contribution in [0.5, 0.6) is 5.75 Å². The summed E-state index contributed by atoms with van der Waals surface area (Å²) < 4.78 is 5.59. The molecule has 2 atom stereocenters. The number of carbonyl (C=O) groups excluding carboxylic acids is 1. The smallest absolute Gasteiger partial charge is 0.315 e. The van der Waals surface area contributed by atoms with Crippen molar-refractivity contribution in [3.63, 3.8) is 0 Å². The van der Waals surface area contributed by atoms with Crippen LogP contribution in [0.15, 0.2) is 61.2 Å². The maximum absolute atomic E-state index is 12.3. The van der Waals surface area contributed by atoms with Crippen molar-refractivity contribution in [3.8, 4) is 5.75 Å². The van der Waals surface area contributed by atoms with Gasteiger partial charge in [-0.1, -0.05) is 55.1 Å². The number of aliphatic hydroxyl groups is 1. The van der Waals surface area contributed by atoms with Gasteiger partial charge in [0.15, 0.2) is 0 Å². The Balaban J connectivity index is 1.60. The van der Waals surface area contributed by atoms with Gasteiger partial charge in [-0.05, 0) is 17.2 Å². The maximum Gasteiger partial charge on any atom is 0.315 e. The second kappa shape index (κ2) is 7.85. The molecule has 0 spiro atoms. The zero-order chi connectivity index (χ0) is 17.6. The van der Waals surface area contributed by atoms with Crippen LogP contribution in [-0.4, -0.2) is 23.8 Å². The Kier molecular flexibility index (Phi) is 5.36. The highest BCUT2D eigenvalue weighted by atomic mass is 16.5. The van der Waals surface area contributed by atoms with Gasteiger partial charge in [-0.25, -0.2) is 4.79 Å². The minimum absolute atomic E-state index is 0.320. The number of para-hydroxylation sites is 1. The molecule has 5 nitrogen and oxygen atoms in total. The van der Waals surface area contributed by atoms with Gasteiger partial charge in [0.2, 0.25) is 0 Å². The molecule has 0 saturated carbocycles. The van der Waals surface area contributed by atoms with E-state index >= 15 is 0 Å². The lowest BCUT2D eigenvalue weighted by Crippen LogP contribution is -2.40. The molecule has 3 rings (SSSR count). The second-order valence-corrected chi connectivity index (χ2v) is 5.98. The topological polar surface area (TPSA) is 70.6 Å². The molecule has 25 heavy (non-hydrogen) atoms. The molecule has 2 aromatic carbocycles. The molecule has 3 N–H and O–H groups in total. The van der Waals surface area contributed by atoms with E-state index in [-0.39, 0.29) is 12.1 Å². The number of rotatable bonds is 6. The Morgan fingerprint density at radius 2 is 2.00 bits per heavy atom. The van der Waals surface area contributed by atoms with Crippen molar-refractivity contribution in [2.45, 2.75) is 25.1 Å². The van der Waals surface area contributed by atoms with Crippen molar-refractivity contribution < 1.29 is 14.6 Å². The first kappa shape index (κ1) is 17.0. The summed E-state index contributed by atoms with van der Waals surface area (Å²) in [4.78, 5) is 12.3. The fraction of sp³-hybridized carbons (Fsp3) is 0.250. The van der Waals surface area contributed by atoms with Crippen LogP contribution in [0.4, 0.5) is 4.79 Å². The number of amides is 2. The largest absolute Gasteiger partial charge is 0.489 e. The summed E-state index contributed by atoms with van der Waals surface area (Å²) in [6.07, 6.45) is 1.63. The van der Waals surface area contributed by atoms with Gasteiger partial charge < -0.3 is 20.5 Å². The first-order valence-electron chi connectivity index (χ1n) is 8.31. The molecular formula is C20H22N2O3. The van der Waals surface area contributed by atoms with Crippen LogP contribution in [0.25, 0.3) is 0 Å². The third-order valence-corrected chi connectivity index (χ3v) is 4.26. The van der Waals surface area contributed by atoms with E-state index in [1.54, 1.807) is 6.08 Å². The summed E-state index contributed by atoms with van der Waals surface area (Å²) in [5, 5.41) is 15.9. The number of urea groups is 1. The van der Waals surface area contributed by atoms with Crippen molar-refractivity contribution in [2.24, 2.45) is 0 Å². The SMILES string of the molecule is C=CCOc1ccccc1CNC(=O)NC1c2ccccc2CC1O. The van der Waals surface area contributed by atoms with Crippen LogP contribution < -0.4 is 15.4 Å². The average molecular weight is 338 g/mol. The number of hydrogen-bond donors (Lipinski definition) is 3. The predicted molar refractivity (Wildman–Crippen MR) is 96.4 cm³/mol. The van der Waals surface area contributed by atoms with Crippen LogP contribution in [0.3, 0.4) is 0 Å². The Bertz CT molecular complexity index is 760. The molecule has 0 aromatic heterocycles. The van der Waals surface area contributed by atoms with Crippen LogP contribution in [-0.2, 0) is 13.0 Å². The molecule has 1 aliphatic carbocycles. The average Bonchev–Trinajstić information content (AvgIpc) is 2.94. The number of nitrogens with one attached hydrogen (secondary N) is 2. The zero-order valence-electron chi connectivity index (χ0n) is 13.9. The van der Waals surface area contributed by atoms with Gasteiger partial charge in [0.05, 0.1) is 12.1 Å². The van der Waals surface area contributed by atoms with Crippen molar-refractivity contribution in [1.29, 1.82) is 0 Å². The molecule has 0 fully saturated rings. The number of hydrogen-bond acceptors (Lipinski definition) is 3. The van der Waals surface area contributed by atoms with E-state index in [9.17, 15) is 9.90 Å². The quantitative estimate of drug-likeness (QED) is 0.709. The highest BCUT2D eigenvalue weighted by molar-refractivity contribution is 5.75. The minimum Gasteiger partial charge on any atom is -0.489 e. The van der Waals surface area contributed by atoms with E-state index < -0.39 is 6.10 Å². The molecule has 0 saturated heterocycles. The van der Waals surface area contributed by atoms with Gasteiger partial charge in [-0.3, -0.25) is 0 Å². The lowest BCUT2D eigenvalue weighted by atomic mass is 10.1. The van der Waals surface area contributed by atoms with E-state index in [1.807, 2.05) is 48.5 Å². The molecule has 1 aliphatic rings. The molecule has 2 aromatic rings. The summed E-state index contributed by atoms with van der Waals surface area (Å²) >= 11 is 0. The van der Waals surface area contributed by atoms with Gasteiger partial charge in [0, 0.05) is 18.5 Å². The van der Waals surface area contributed by atoms with Gasteiger partial charge in [0.1, 0.15) is 12.4 Å². The number of carbonyl (C=O) groups is 1. The van der Waals surface area contributed by atoms with Gasteiger partial charge in [0.25, 0.3) is 0 Å². The van der Waals surface area contributed by atoms with Crippen molar-refractivity contribution >= 4 is 6.03 Å². The van der Waals surface area contributed by atoms with E-state index in [1.165, 1.54) is 0 Å². The molecule has 2 unspecified atom stereocenters. The third kappa shape index (κ3) is 4.00. The molecule has 0 radical (unpaired) electrons. The molecule has 2 amide bonds. The molecule has 130 valence electrons. The molecule has 0 aliphatic heterocycles. The fourth-order valence-electron chi connectivity index (χ4n) is 3.06. The van der Waals surface area contributed by atoms with Crippen LogP contribution in [0.1, 0.15) is 22.7 Å². The van der Waals surface area contributed by atoms with Gasteiger partial charge >= 0.3 is 6.03 Å². The first-order valence-corrected chi connectivity index (χ1v) is 8.31. The van der Waals surface area contributed by atoms with Crippen LogP contribution >= 0.6 is 0 Å². The number of fused-ring (bicyclic) bond motifs is 1. The standard InChI is InChI=1S/C20H22N2O3/c1-2-11-25-18-10-6-4-8-15(18)13-21-20(24)22-19-16-9-5-3-7-14(16)12-17(19)23/h2-10,17,19,23H,1,11-13H2,(H2,21,22,24). The van der Waals surface area contributed by atoms with Crippen molar-refractivity contribution in [3.05, 3.63) is 77.9 Å². The number of ether oxygens (including phenoxy) is 1. The Morgan fingerprint density at radius 3 is 2.84 bits per heavy atom. The number of benzene rings is 2. The van der Waals surface area contributed by atoms with E-state index in [2.05, 4.69) is 17.2 Å². The van der Waals surface area contributed by atoms with Crippen LogP contribution in [0, 0.1) is 0 Å². The monoisotopic (exact) mass is 338 g/mol. The van der Waals surface area contributed by atoms with Gasteiger partial charge in [-0.15, -0.1) is 0 Å². The van der Waals surface area contributed by atoms with Gasteiger partial charge in [-0.2, -0.15) is 0 Å². The predicted octanol–water partition coefficient (Wildman–Crippen LogP) is 2.71. The highest BCUT2D eigenvalue weighted by Crippen LogP contribution is 2.31. The Hall–Kier alpha value is -2.79. The normalized spacial score (nSPS) is 18.3. The van der Waals surface area contributed by atoms with E-state index in [4.69, 9.17) is 4.74 Å². The summed E-state index contributed by atoms with van der Waals surface area (Å²) in [5.74, 6) is 0.717. The molecular weight excluding hydrogens is 316 g/mol. The summed E-state index contributed by atoms with van der Waals surface area (Å²) in [6, 6.07) is 14.6. The maximum atomic E-state index is 12.3. The van der Waals surface area contributed by atoms with Crippen LogP contribution in [0.2, 0.25) is 0 Å². The summed E-state index contributed by atoms with van der Waals surface area (Å²) in [6.45, 7) is 4.38. The van der Waals surface area contributed by atoms with Crippen molar-refractivity contribution in [2.75, 3.05) is 6.61 Å². The number of aliphatic hydroxyl groups excluding tert-OH is 1. The molecule has 0 heterocycles. The Labute approximate surface area is 147 Å². The second-order valence-electron chi connectivity index (χ2n) is 5.98. The highest BCUT2D eigenvalue weighted by Gasteiger charge is 2.31. The Morgan fingerprint density at radius 1 is 1.24 bits per heavy atom. The van der Waals surface area contributed by atoms with E-state index in [0.29, 0.717) is 25.3 Å². The lowest BCUT2D eigenvalue weighted by Gasteiger charge is -2.19. The minimum atomic E-state index is -0.605. The fourth-order valence-corrected chi connectivity index (χ4v) is 3.06. The third-order valence-electron chi connectivity index (χ3n) is 4.26. The summed E-state index contributed by atoms with van der Waals surface area (Å²) in [5.41, 5.74) is 2.93. The molecule has 5 heteroatoms. The van der Waals surface area contributed by atoms with Crippen molar-refractivity contribution in [1.82, 2.24) is 10.6 Å².